The Balaban J connectivity index is 1.94. The summed E-state index contributed by atoms with van der Waals surface area (Å²) in [5.41, 5.74) is 0.839. The first-order chi connectivity index (χ1) is 11.0. The fraction of sp³-hybridized carbons (Fsp3) is 0.400. The van der Waals surface area contributed by atoms with Crippen molar-refractivity contribution in [2.24, 2.45) is 0 Å². The lowest BCUT2D eigenvalue weighted by molar-refractivity contribution is 0.0941. The van der Waals surface area contributed by atoms with Crippen molar-refractivity contribution in [3.8, 4) is 0 Å². The number of nitrogens with zero attached hydrogens (tertiary/aromatic N) is 1. The molecule has 0 spiro atoms. The Bertz CT molecular complexity index is 916. The van der Waals surface area contributed by atoms with E-state index >= 15 is 0 Å². The number of benzene rings is 1. The lowest BCUT2D eigenvalue weighted by Gasteiger charge is -2.11. The van der Waals surface area contributed by atoms with Crippen molar-refractivity contribution < 1.29 is 9.00 Å². The van der Waals surface area contributed by atoms with Crippen molar-refractivity contribution >= 4 is 39.8 Å². The molecule has 1 aliphatic rings. The highest BCUT2D eigenvalue weighted by atomic mass is 32.2. The first-order valence-corrected chi connectivity index (χ1v) is 9.32. The minimum atomic E-state index is -0.837. The highest BCUT2D eigenvalue weighted by Gasteiger charge is 2.23. The van der Waals surface area contributed by atoms with Crippen LogP contribution in [0, 0.1) is 4.77 Å². The van der Waals surface area contributed by atoms with Gasteiger partial charge in [0.1, 0.15) is 0 Å². The average molecular weight is 351 g/mol. The molecule has 23 heavy (non-hydrogen) atoms. The SMILES string of the molecule is CCn1c(=S)[nH]c2cc(C(=O)NC3CCS(=O)C3)ccc2c1=O. The van der Waals surface area contributed by atoms with Gasteiger partial charge in [-0.3, -0.25) is 18.4 Å². The second-order valence-corrected chi connectivity index (χ2v) is 7.52. The van der Waals surface area contributed by atoms with Gasteiger partial charge in [-0.1, -0.05) is 0 Å². The van der Waals surface area contributed by atoms with E-state index in [0.717, 1.165) is 6.42 Å². The van der Waals surface area contributed by atoms with Gasteiger partial charge in [0.2, 0.25) is 0 Å². The molecule has 3 rings (SSSR count). The molecular formula is C15H17N3O3S2. The van der Waals surface area contributed by atoms with Gasteiger partial charge in [0.05, 0.1) is 10.9 Å². The molecule has 1 aromatic heterocycles. The summed E-state index contributed by atoms with van der Waals surface area (Å²) < 4.78 is 13.2. The van der Waals surface area contributed by atoms with Gasteiger partial charge in [0, 0.05) is 40.5 Å². The van der Waals surface area contributed by atoms with E-state index in [4.69, 9.17) is 12.2 Å². The topological polar surface area (TPSA) is 84.0 Å². The molecule has 2 unspecified atom stereocenters. The smallest absolute Gasteiger partial charge is 0.262 e. The summed E-state index contributed by atoms with van der Waals surface area (Å²) in [6, 6.07) is 4.84. The summed E-state index contributed by atoms with van der Waals surface area (Å²) >= 11 is 5.18. The molecule has 8 heteroatoms. The highest BCUT2D eigenvalue weighted by Crippen LogP contribution is 2.13. The van der Waals surface area contributed by atoms with Crippen LogP contribution in [0.1, 0.15) is 23.7 Å². The maximum Gasteiger partial charge on any atom is 0.262 e. The molecule has 0 saturated carbocycles. The fourth-order valence-electron chi connectivity index (χ4n) is 2.73. The molecular weight excluding hydrogens is 334 g/mol. The molecule has 1 aliphatic heterocycles. The third kappa shape index (κ3) is 3.13. The minimum absolute atomic E-state index is 0.0504. The van der Waals surface area contributed by atoms with E-state index in [9.17, 15) is 13.8 Å². The molecule has 6 nitrogen and oxygen atoms in total. The molecule has 2 heterocycles. The van der Waals surface area contributed by atoms with Gasteiger partial charge in [-0.15, -0.1) is 0 Å². The van der Waals surface area contributed by atoms with Crippen LogP contribution in [0.25, 0.3) is 10.9 Å². The van der Waals surface area contributed by atoms with E-state index < -0.39 is 10.8 Å². The van der Waals surface area contributed by atoms with Gasteiger partial charge >= 0.3 is 0 Å². The van der Waals surface area contributed by atoms with Crippen LogP contribution in [0.3, 0.4) is 0 Å². The summed E-state index contributed by atoms with van der Waals surface area (Å²) in [5.74, 6) is 0.907. The predicted octanol–water partition coefficient (Wildman–Crippen LogP) is 1.33. The van der Waals surface area contributed by atoms with E-state index in [1.165, 1.54) is 4.57 Å². The van der Waals surface area contributed by atoms with E-state index in [0.29, 0.717) is 39.3 Å². The number of hydrogen-bond acceptors (Lipinski definition) is 4. The molecule has 0 aliphatic carbocycles. The number of aromatic amines is 1. The summed E-state index contributed by atoms with van der Waals surface area (Å²) in [6.07, 6.45) is 0.732. The van der Waals surface area contributed by atoms with Crippen LogP contribution in [0.4, 0.5) is 0 Å². The molecule has 0 bridgehead atoms. The Morgan fingerprint density at radius 2 is 2.30 bits per heavy atom. The maximum atomic E-state index is 12.3. The van der Waals surface area contributed by atoms with Crippen molar-refractivity contribution in [2.75, 3.05) is 11.5 Å². The number of rotatable bonds is 3. The summed E-state index contributed by atoms with van der Waals surface area (Å²) in [7, 11) is -0.837. The second-order valence-electron chi connectivity index (χ2n) is 5.51. The van der Waals surface area contributed by atoms with E-state index in [1.807, 2.05) is 6.92 Å². The van der Waals surface area contributed by atoms with Crippen LogP contribution in [0.2, 0.25) is 0 Å². The predicted molar refractivity (Wildman–Crippen MR) is 92.8 cm³/mol. The summed E-state index contributed by atoms with van der Waals surface area (Å²) in [6.45, 7) is 2.34. The highest BCUT2D eigenvalue weighted by molar-refractivity contribution is 7.85. The molecule has 1 amide bonds. The first-order valence-electron chi connectivity index (χ1n) is 7.42. The number of amides is 1. The normalized spacial score (nSPS) is 20.7. The van der Waals surface area contributed by atoms with Crippen LogP contribution in [-0.2, 0) is 17.3 Å². The standard InChI is InChI=1S/C15H17N3O3S2/c1-2-18-14(20)11-4-3-9(7-12(11)17-15(18)22)13(19)16-10-5-6-23(21)8-10/h3-4,7,10H,2,5-6,8H2,1H3,(H,16,19)(H,17,22). The van der Waals surface area contributed by atoms with E-state index in [2.05, 4.69) is 10.3 Å². The van der Waals surface area contributed by atoms with Crippen molar-refractivity contribution in [3.05, 3.63) is 38.9 Å². The Morgan fingerprint density at radius 3 is 2.96 bits per heavy atom. The zero-order valence-electron chi connectivity index (χ0n) is 12.6. The van der Waals surface area contributed by atoms with E-state index in [-0.39, 0.29) is 17.5 Å². The summed E-state index contributed by atoms with van der Waals surface area (Å²) in [5, 5.41) is 3.39. The lowest BCUT2D eigenvalue weighted by atomic mass is 10.1. The van der Waals surface area contributed by atoms with Gasteiger partial charge in [-0.05, 0) is 43.8 Å². The van der Waals surface area contributed by atoms with Crippen LogP contribution in [-0.4, -0.2) is 37.2 Å². The van der Waals surface area contributed by atoms with E-state index in [1.54, 1.807) is 18.2 Å². The second kappa shape index (κ2) is 6.37. The number of carbonyl (C=O) groups excluding carboxylic acids is 1. The number of hydrogen-bond donors (Lipinski definition) is 2. The number of aromatic nitrogens is 2. The maximum absolute atomic E-state index is 12.3. The number of carbonyl (C=O) groups is 1. The number of fused-ring (bicyclic) bond motifs is 1. The molecule has 2 N–H and O–H groups in total. The lowest BCUT2D eigenvalue weighted by Crippen LogP contribution is -2.35. The van der Waals surface area contributed by atoms with Gasteiger partial charge in [0.25, 0.3) is 11.5 Å². The van der Waals surface area contributed by atoms with Crippen LogP contribution < -0.4 is 10.9 Å². The minimum Gasteiger partial charge on any atom is -0.348 e. The Kier molecular flexibility index (Phi) is 4.45. The van der Waals surface area contributed by atoms with Crippen LogP contribution in [0.5, 0.6) is 0 Å². The van der Waals surface area contributed by atoms with Crippen LogP contribution in [0.15, 0.2) is 23.0 Å². The summed E-state index contributed by atoms with van der Waals surface area (Å²) in [4.78, 5) is 27.6. The monoisotopic (exact) mass is 351 g/mol. The van der Waals surface area contributed by atoms with Gasteiger partial charge in [0.15, 0.2) is 4.77 Å². The Morgan fingerprint density at radius 1 is 1.52 bits per heavy atom. The molecule has 1 saturated heterocycles. The third-order valence-electron chi connectivity index (χ3n) is 3.98. The Labute approximate surface area is 140 Å². The third-order valence-corrected chi connectivity index (χ3v) is 5.76. The zero-order chi connectivity index (χ0) is 16.6. The molecule has 1 fully saturated rings. The van der Waals surface area contributed by atoms with Crippen molar-refractivity contribution in [1.82, 2.24) is 14.9 Å². The van der Waals surface area contributed by atoms with Crippen molar-refractivity contribution in [1.29, 1.82) is 0 Å². The first kappa shape index (κ1) is 16.1. The fourth-order valence-corrected chi connectivity index (χ4v) is 4.47. The Hall–Kier alpha value is -1.80. The van der Waals surface area contributed by atoms with Crippen molar-refractivity contribution in [2.45, 2.75) is 25.9 Å². The van der Waals surface area contributed by atoms with Gasteiger partial charge in [-0.25, -0.2) is 0 Å². The largest absolute Gasteiger partial charge is 0.348 e. The average Bonchev–Trinajstić information content (AvgIpc) is 2.92. The molecule has 2 aromatic rings. The van der Waals surface area contributed by atoms with Crippen molar-refractivity contribution in [3.63, 3.8) is 0 Å². The molecule has 1 aromatic carbocycles. The van der Waals surface area contributed by atoms with Crippen LogP contribution >= 0.6 is 12.2 Å². The number of nitrogens with one attached hydrogen (secondary N) is 2. The van der Waals surface area contributed by atoms with Gasteiger partial charge in [-0.2, -0.15) is 0 Å². The molecule has 2 atom stereocenters. The molecule has 0 radical (unpaired) electrons. The molecule has 122 valence electrons. The quantitative estimate of drug-likeness (QED) is 0.817. The zero-order valence-corrected chi connectivity index (χ0v) is 14.3. The van der Waals surface area contributed by atoms with Gasteiger partial charge < -0.3 is 10.3 Å². The number of H-pyrrole nitrogens is 1.